The lowest BCUT2D eigenvalue weighted by Crippen LogP contribution is -2.06. The number of nitrogens with zero attached hydrogens (tertiary/aromatic N) is 1. The van der Waals surface area contributed by atoms with E-state index < -0.39 is 35.8 Å². The Labute approximate surface area is 83.2 Å². The molecule has 1 aromatic heterocycles. The van der Waals surface area contributed by atoms with Gasteiger partial charge in [0, 0.05) is 6.20 Å². The molecule has 15 heavy (non-hydrogen) atoms. The largest absolute Gasteiger partial charge is 0.504 e. The molecule has 1 aromatic rings. The number of halogens is 2. The maximum atomic E-state index is 12.3. The zero-order valence-corrected chi connectivity index (χ0v) is 7.44. The van der Waals surface area contributed by atoms with E-state index in [2.05, 4.69) is 4.98 Å². The fourth-order valence-corrected chi connectivity index (χ4v) is 1.02. The highest BCUT2D eigenvalue weighted by atomic mass is 19.3. The van der Waals surface area contributed by atoms with Gasteiger partial charge in [0.1, 0.15) is 0 Å². The van der Waals surface area contributed by atoms with Gasteiger partial charge in [-0.1, -0.05) is 0 Å². The molecule has 0 saturated heterocycles. The van der Waals surface area contributed by atoms with E-state index in [0.717, 1.165) is 6.20 Å². The molecule has 0 aliphatic heterocycles. The van der Waals surface area contributed by atoms with Gasteiger partial charge in [-0.3, -0.25) is 9.78 Å². The number of carboxylic acids is 1. The van der Waals surface area contributed by atoms with Crippen LogP contribution in [0.3, 0.4) is 0 Å². The topological polar surface area (TPSA) is 96.4 Å². The van der Waals surface area contributed by atoms with Crippen molar-refractivity contribution in [1.29, 1.82) is 0 Å². The molecule has 0 spiro atoms. The molecule has 1 rings (SSSR count). The van der Waals surface area contributed by atoms with Crippen molar-refractivity contribution >= 4 is 11.7 Å². The van der Waals surface area contributed by atoms with Crippen LogP contribution in [0.5, 0.6) is 5.75 Å². The van der Waals surface area contributed by atoms with Crippen LogP contribution in [0.15, 0.2) is 6.20 Å². The van der Waals surface area contributed by atoms with Crippen molar-refractivity contribution in [1.82, 2.24) is 4.98 Å². The summed E-state index contributed by atoms with van der Waals surface area (Å²) in [5, 5.41) is 17.7. The van der Waals surface area contributed by atoms with Crippen LogP contribution < -0.4 is 5.73 Å². The van der Waals surface area contributed by atoms with Gasteiger partial charge < -0.3 is 15.9 Å². The molecular weight excluding hydrogens is 210 g/mol. The molecule has 0 aliphatic rings. The Morgan fingerprint density at radius 1 is 1.60 bits per heavy atom. The average molecular weight is 218 g/mol. The molecule has 0 radical (unpaired) electrons. The van der Waals surface area contributed by atoms with Crippen LogP contribution in [0.25, 0.3) is 0 Å². The molecule has 0 amide bonds. The van der Waals surface area contributed by atoms with Crippen molar-refractivity contribution in [2.24, 2.45) is 0 Å². The molecule has 1 heterocycles. The quantitative estimate of drug-likeness (QED) is 0.701. The van der Waals surface area contributed by atoms with Crippen molar-refractivity contribution < 1.29 is 23.8 Å². The van der Waals surface area contributed by atoms with E-state index in [1.54, 1.807) is 0 Å². The number of rotatable bonds is 3. The number of nitrogen functional groups attached to an aromatic ring is 1. The summed E-state index contributed by atoms with van der Waals surface area (Å²) in [6.45, 7) is 0. The summed E-state index contributed by atoms with van der Waals surface area (Å²) in [7, 11) is 0. The molecule has 4 N–H and O–H groups in total. The van der Waals surface area contributed by atoms with E-state index in [1.807, 2.05) is 0 Å². The molecule has 0 saturated carbocycles. The Kier molecular flexibility index (Phi) is 3.03. The second-order valence-electron chi connectivity index (χ2n) is 2.79. The first kappa shape index (κ1) is 11.2. The van der Waals surface area contributed by atoms with Gasteiger partial charge in [0.05, 0.1) is 23.4 Å². The number of aliphatic carboxylic acids is 1. The summed E-state index contributed by atoms with van der Waals surface area (Å²) in [6, 6.07) is 0. The van der Waals surface area contributed by atoms with Gasteiger partial charge in [0.2, 0.25) is 0 Å². The van der Waals surface area contributed by atoms with Gasteiger partial charge in [-0.05, 0) is 0 Å². The van der Waals surface area contributed by atoms with Crippen LogP contribution in [-0.2, 0) is 11.2 Å². The minimum Gasteiger partial charge on any atom is -0.504 e. The standard InChI is InChI=1S/C8H8F2N2O3/c9-8(10)3-2-12-4(1-5(13)14)7(15)6(3)11/h2,8,15H,1H2,(H2,11,12)(H,13,14). The normalized spacial score (nSPS) is 10.6. The van der Waals surface area contributed by atoms with E-state index in [4.69, 9.17) is 10.8 Å². The lowest BCUT2D eigenvalue weighted by molar-refractivity contribution is -0.136. The third-order valence-corrected chi connectivity index (χ3v) is 1.75. The number of carbonyl (C=O) groups is 1. The van der Waals surface area contributed by atoms with Crippen molar-refractivity contribution in [2.45, 2.75) is 12.8 Å². The number of carboxylic acid groups (broad SMARTS) is 1. The number of nitrogens with two attached hydrogens (primary N) is 1. The number of hydrogen-bond donors (Lipinski definition) is 3. The van der Waals surface area contributed by atoms with Crippen molar-refractivity contribution in [3.63, 3.8) is 0 Å². The van der Waals surface area contributed by atoms with E-state index in [-0.39, 0.29) is 5.69 Å². The SMILES string of the molecule is Nc1c(C(F)F)cnc(CC(=O)O)c1O. The fourth-order valence-electron chi connectivity index (χ4n) is 1.02. The van der Waals surface area contributed by atoms with Gasteiger partial charge in [-0.15, -0.1) is 0 Å². The predicted molar refractivity (Wildman–Crippen MR) is 46.6 cm³/mol. The number of pyridine rings is 1. The summed E-state index contributed by atoms with van der Waals surface area (Å²) in [5.41, 5.74) is 3.82. The highest BCUT2D eigenvalue weighted by Gasteiger charge is 2.18. The number of aromatic hydroxyl groups is 1. The predicted octanol–water partition coefficient (Wildman–Crippen LogP) is 0.934. The molecule has 0 aromatic carbocycles. The first-order valence-corrected chi connectivity index (χ1v) is 3.89. The second kappa shape index (κ2) is 4.07. The second-order valence-corrected chi connectivity index (χ2v) is 2.79. The maximum Gasteiger partial charge on any atom is 0.309 e. The highest BCUT2D eigenvalue weighted by molar-refractivity contribution is 5.72. The summed E-state index contributed by atoms with van der Waals surface area (Å²) < 4.78 is 24.5. The molecule has 82 valence electrons. The van der Waals surface area contributed by atoms with Crippen molar-refractivity contribution in [2.75, 3.05) is 5.73 Å². The number of alkyl halides is 2. The molecule has 0 aliphatic carbocycles. The van der Waals surface area contributed by atoms with Crippen LogP contribution in [0, 0.1) is 0 Å². The van der Waals surface area contributed by atoms with Crippen LogP contribution in [0.4, 0.5) is 14.5 Å². The Hall–Kier alpha value is -1.92. The van der Waals surface area contributed by atoms with E-state index in [0.29, 0.717) is 0 Å². The van der Waals surface area contributed by atoms with Gasteiger partial charge in [0.25, 0.3) is 6.43 Å². The zero-order chi connectivity index (χ0) is 11.6. The zero-order valence-electron chi connectivity index (χ0n) is 7.44. The number of anilines is 1. The monoisotopic (exact) mass is 218 g/mol. The van der Waals surface area contributed by atoms with Crippen LogP contribution in [0.1, 0.15) is 17.7 Å². The fraction of sp³-hybridized carbons (Fsp3) is 0.250. The average Bonchev–Trinajstić information content (AvgIpc) is 2.12. The Morgan fingerprint density at radius 3 is 2.67 bits per heavy atom. The summed E-state index contributed by atoms with van der Waals surface area (Å²) in [5.74, 6) is -1.93. The van der Waals surface area contributed by atoms with Gasteiger partial charge in [0.15, 0.2) is 5.75 Å². The summed E-state index contributed by atoms with van der Waals surface area (Å²) in [4.78, 5) is 13.7. The van der Waals surface area contributed by atoms with Crippen LogP contribution in [0.2, 0.25) is 0 Å². The molecular formula is C8H8F2N2O3. The van der Waals surface area contributed by atoms with Crippen molar-refractivity contribution in [3.8, 4) is 5.75 Å². The smallest absolute Gasteiger partial charge is 0.309 e. The lowest BCUT2D eigenvalue weighted by Gasteiger charge is -2.08. The van der Waals surface area contributed by atoms with E-state index in [1.165, 1.54) is 0 Å². The maximum absolute atomic E-state index is 12.3. The Morgan fingerprint density at radius 2 is 2.20 bits per heavy atom. The Bertz CT molecular complexity index is 396. The van der Waals surface area contributed by atoms with Crippen LogP contribution in [-0.4, -0.2) is 21.2 Å². The molecule has 0 unspecified atom stereocenters. The minimum atomic E-state index is -2.86. The van der Waals surface area contributed by atoms with Crippen LogP contribution >= 0.6 is 0 Å². The third kappa shape index (κ3) is 2.30. The van der Waals surface area contributed by atoms with Crippen molar-refractivity contribution in [3.05, 3.63) is 17.5 Å². The van der Waals surface area contributed by atoms with Gasteiger partial charge in [-0.25, -0.2) is 8.78 Å². The van der Waals surface area contributed by atoms with Gasteiger partial charge in [-0.2, -0.15) is 0 Å². The molecule has 5 nitrogen and oxygen atoms in total. The number of hydrogen-bond acceptors (Lipinski definition) is 4. The first-order chi connectivity index (χ1) is 6.93. The molecule has 0 fully saturated rings. The molecule has 7 heteroatoms. The first-order valence-electron chi connectivity index (χ1n) is 3.89. The molecule has 0 bridgehead atoms. The lowest BCUT2D eigenvalue weighted by atomic mass is 10.1. The minimum absolute atomic E-state index is 0.232. The molecule has 0 atom stereocenters. The summed E-state index contributed by atoms with van der Waals surface area (Å²) >= 11 is 0. The third-order valence-electron chi connectivity index (χ3n) is 1.75. The summed E-state index contributed by atoms with van der Waals surface area (Å²) in [6.07, 6.45) is -2.67. The number of aromatic nitrogens is 1. The van der Waals surface area contributed by atoms with Gasteiger partial charge >= 0.3 is 5.97 Å². The van der Waals surface area contributed by atoms with E-state index in [9.17, 15) is 18.7 Å². The Balaban J connectivity index is 3.15. The van der Waals surface area contributed by atoms with E-state index >= 15 is 0 Å². The highest BCUT2D eigenvalue weighted by Crippen LogP contribution is 2.32.